The topological polar surface area (TPSA) is 66.2 Å². The van der Waals surface area contributed by atoms with Crippen molar-refractivity contribution >= 4 is 0 Å². The lowest BCUT2D eigenvalue weighted by Crippen LogP contribution is -2.05. The average molecular weight is 388 g/mol. The smallest absolute Gasteiger partial charge is 0.416 e. The van der Waals surface area contributed by atoms with Crippen molar-refractivity contribution in [3.8, 4) is 22.8 Å². The molecule has 3 rings (SSSR count). The number of rotatable bonds is 4. The third kappa shape index (κ3) is 4.24. The van der Waals surface area contributed by atoms with Gasteiger partial charge in [0.25, 0.3) is 0 Å². The lowest BCUT2D eigenvalue weighted by atomic mass is 9.95. The predicted octanol–water partition coefficient (Wildman–Crippen LogP) is 5.23. The minimum atomic E-state index is -4.53. The van der Waals surface area contributed by atoms with Crippen molar-refractivity contribution in [2.75, 3.05) is 0 Å². The highest BCUT2D eigenvalue weighted by Crippen LogP contribution is 2.36. The van der Waals surface area contributed by atoms with Gasteiger partial charge in [0.15, 0.2) is 0 Å². The fraction of sp³-hybridized carbons (Fsp3) is 0.238. The first-order chi connectivity index (χ1) is 13.1. The number of benzene rings is 2. The van der Waals surface area contributed by atoms with Crippen molar-refractivity contribution in [2.45, 2.75) is 32.4 Å². The summed E-state index contributed by atoms with van der Waals surface area (Å²) in [6.45, 7) is 3.77. The maximum Gasteiger partial charge on any atom is 0.416 e. The summed E-state index contributed by atoms with van der Waals surface area (Å²) in [7, 11) is 0. The van der Waals surface area contributed by atoms with E-state index in [9.17, 15) is 23.4 Å². The Morgan fingerprint density at radius 3 is 2.36 bits per heavy atom. The molecule has 1 atom stereocenters. The number of alkyl halides is 3. The largest absolute Gasteiger partial charge is 0.508 e. The fourth-order valence-electron chi connectivity index (χ4n) is 3.08. The number of phenols is 2. The van der Waals surface area contributed by atoms with Crippen LogP contribution in [0.3, 0.4) is 0 Å². The quantitative estimate of drug-likeness (QED) is 0.642. The number of nitrogens with zero attached hydrogens (tertiary/aromatic N) is 2. The SMILES string of the molecule is Cc1cc(C[C@@H](C)c2cccc(O)c2)nnc1-c1ccc(C(F)(F)F)cc1O. The van der Waals surface area contributed by atoms with Crippen LogP contribution in [0.2, 0.25) is 0 Å². The summed E-state index contributed by atoms with van der Waals surface area (Å²) < 4.78 is 38.3. The maximum atomic E-state index is 12.8. The summed E-state index contributed by atoms with van der Waals surface area (Å²) in [5.74, 6) is -0.209. The fourth-order valence-corrected chi connectivity index (χ4v) is 3.08. The third-order valence-corrected chi connectivity index (χ3v) is 4.57. The maximum absolute atomic E-state index is 12.8. The van der Waals surface area contributed by atoms with Crippen molar-refractivity contribution in [1.29, 1.82) is 0 Å². The normalized spacial score (nSPS) is 12.8. The van der Waals surface area contributed by atoms with Crippen LogP contribution in [-0.4, -0.2) is 20.4 Å². The highest BCUT2D eigenvalue weighted by molar-refractivity contribution is 5.69. The molecule has 0 saturated heterocycles. The van der Waals surface area contributed by atoms with Gasteiger partial charge in [-0.2, -0.15) is 18.3 Å². The highest BCUT2D eigenvalue weighted by atomic mass is 19.4. The van der Waals surface area contributed by atoms with Crippen LogP contribution in [0, 0.1) is 6.92 Å². The summed E-state index contributed by atoms with van der Waals surface area (Å²) in [5, 5.41) is 27.9. The van der Waals surface area contributed by atoms with Gasteiger partial charge in [0, 0.05) is 5.56 Å². The average Bonchev–Trinajstić information content (AvgIpc) is 2.61. The van der Waals surface area contributed by atoms with Crippen molar-refractivity contribution in [1.82, 2.24) is 10.2 Å². The van der Waals surface area contributed by atoms with Crippen LogP contribution in [0.25, 0.3) is 11.3 Å². The van der Waals surface area contributed by atoms with E-state index in [0.717, 1.165) is 11.6 Å². The molecular formula is C21H19F3N2O2. The van der Waals surface area contributed by atoms with Crippen LogP contribution in [0.4, 0.5) is 13.2 Å². The molecule has 2 N–H and O–H groups in total. The van der Waals surface area contributed by atoms with Crippen LogP contribution in [-0.2, 0) is 12.6 Å². The molecule has 0 fully saturated rings. The Balaban J connectivity index is 1.85. The van der Waals surface area contributed by atoms with E-state index in [-0.39, 0.29) is 17.2 Å². The molecule has 0 amide bonds. The van der Waals surface area contributed by atoms with Gasteiger partial charge in [-0.3, -0.25) is 0 Å². The van der Waals surface area contributed by atoms with Gasteiger partial charge in [0.1, 0.15) is 11.5 Å². The molecule has 7 heteroatoms. The summed E-state index contributed by atoms with van der Waals surface area (Å²) in [4.78, 5) is 0. The molecule has 146 valence electrons. The Hall–Kier alpha value is -3.09. The lowest BCUT2D eigenvalue weighted by molar-refractivity contribution is -0.137. The number of aromatic nitrogens is 2. The molecule has 0 unspecified atom stereocenters. The molecule has 0 aliphatic heterocycles. The zero-order valence-electron chi connectivity index (χ0n) is 15.3. The lowest BCUT2D eigenvalue weighted by Gasteiger charge is -2.14. The zero-order valence-corrected chi connectivity index (χ0v) is 15.3. The molecule has 2 aromatic carbocycles. The second-order valence-corrected chi connectivity index (χ2v) is 6.80. The van der Waals surface area contributed by atoms with Crippen molar-refractivity contribution < 1.29 is 23.4 Å². The second-order valence-electron chi connectivity index (χ2n) is 6.80. The Morgan fingerprint density at radius 1 is 1.00 bits per heavy atom. The zero-order chi connectivity index (χ0) is 20.5. The predicted molar refractivity (Wildman–Crippen MR) is 99.1 cm³/mol. The van der Waals surface area contributed by atoms with Gasteiger partial charge >= 0.3 is 6.18 Å². The van der Waals surface area contributed by atoms with E-state index in [2.05, 4.69) is 10.2 Å². The Bertz CT molecular complexity index is 1000. The van der Waals surface area contributed by atoms with Crippen LogP contribution in [0.1, 0.15) is 35.2 Å². The number of aromatic hydroxyl groups is 2. The number of hydrogen-bond donors (Lipinski definition) is 2. The monoisotopic (exact) mass is 388 g/mol. The van der Waals surface area contributed by atoms with E-state index in [1.54, 1.807) is 31.2 Å². The van der Waals surface area contributed by atoms with Crippen molar-refractivity contribution in [2.24, 2.45) is 0 Å². The van der Waals surface area contributed by atoms with E-state index >= 15 is 0 Å². The minimum absolute atomic E-state index is 0.0890. The molecule has 0 aliphatic rings. The number of phenolic OH excluding ortho intramolecular Hbond substituents is 2. The first-order valence-corrected chi connectivity index (χ1v) is 8.68. The molecule has 28 heavy (non-hydrogen) atoms. The summed E-state index contributed by atoms with van der Waals surface area (Å²) >= 11 is 0. The van der Waals surface area contributed by atoms with Gasteiger partial charge in [0.2, 0.25) is 0 Å². The van der Waals surface area contributed by atoms with Gasteiger partial charge in [-0.15, -0.1) is 5.10 Å². The van der Waals surface area contributed by atoms with Gasteiger partial charge in [0.05, 0.1) is 17.0 Å². The van der Waals surface area contributed by atoms with E-state index in [4.69, 9.17) is 0 Å². The molecule has 3 aromatic rings. The van der Waals surface area contributed by atoms with Crippen LogP contribution >= 0.6 is 0 Å². The van der Waals surface area contributed by atoms with Crippen LogP contribution in [0.5, 0.6) is 11.5 Å². The van der Waals surface area contributed by atoms with E-state index in [0.29, 0.717) is 29.4 Å². The minimum Gasteiger partial charge on any atom is -0.508 e. The van der Waals surface area contributed by atoms with Gasteiger partial charge in [-0.25, -0.2) is 0 Å². The van der Waals surface area contributed by atoms with E-state index in [1.807, 2.05) is 13.0 Å². The van der Waals surface area contributed by atoms with Crippen LogP contribution in [0.15, 0.2) is 48.5 Å². The molecular weight excluding hydrogens is 369 g/mol. The molecule has 0 bridgehead atoms. The van der Waals surface area contributed by atoms with Crippen molar-refractivity contribution in [3.05, 3.63) is 70.9 Å². The standard InChI is InChI=1S/C21H19F3N2O2/c1-12(14-4-3-5-17(27)10-14)8-16-9-13(2)20(26-25-16)18-7-6-15(11-19(18)28)21(22,23)24/h3-7,9-12,27-28H,8H2,1-2H3/t12-/m1/s1. The number of halogens is 3. The molecule has 0 aliphatic carbocycles. The second kappa shape index (κ2) is 7.50. The van der Waals surface area contributed by atoms with E-state index < -0.39 is 17.5 Å². The number of hydrogen-bond acceptors (Lipinski definition) is 4. The Labute approximate surface area is 160 Å². The molecule has 1 heterocycles. The van der Waals surface area contributed by atoms with Crippen LogP contribution < -0.4 is 0 Å². The first-order valence-electron chi connectivity index (χ1n) is 8.68. The molecule has 0 radical (unpaired) electrons. The molecule has 4 nitrogen and oxygen atoms in total. The summed E-state index contributed by atoms with van der Waals surface area (Å²) in [6, 6.07) is 11.6. The number of aryl methyl sites for hydroxylation is 1. The van der Waals surface area contributed by atoms with Gasteiger partial charge in [-0.1, -0.05) is 19.1 Å². The van der Waals surface area contributed by atoms with Crippen molar-refractivity contribution in [3.63, 3.8) is 0 Å². The molecule has 1 aromatic heterocycles. The summed E-state index contributed by atoms with van der Waals surface area (Å²) in [6.07, 6.45) is -3.95. The van der Waals surface area contributed by atoms with Gasteiger partial charge in [-0.05, 0) is 66.8 Å². The molecule has 0 spiro atoms. The van der Waals surface area contributed by atoms with Gasteiger partial charge < -0.3 is 10.2 Å². The first kappa shape index (κ1) is 19.7. The Kier molecular flexibility index (Phi) is 5.27. The Morgan fingerprint density at radius 2 is 1.75 bits per heavy atom. The van der Waals surface area contributed by atoms with E-state index in [1.165, 1.54) is 6.07 Å². The third-order valence-electron chi connectivity index (χ3n) is 4.57. The summed E-state index contributed by atoms with van der Waals surface area (Å²) in [5.41, 5.74) is 1.98. The highest BCUT2D eigenvalue weighted by Gasteiger charge is 2.31. The molecule has 0 saturated carbocycles.